The van der Waals surface area contributed by atoms with Gasteiger partial charge in [-0.15, -0.1) is 0 Å². The predicted molar refractivity (Wildman–Crippen MR) is 92.5 cm³/mol. The minimum absolute atomic E-state index is 0.670. The van der Waals surface area contributed by atoms with Crippen molar-refractivity contribution in [2.75, 3.05) is 6.54 Å². The fourth-order valence-corrected chi connectivity index (χ4v) is 3.74. The van der Waals surface area contributed by atoms with E-state index in [0.29, 0.717) is 6.04 Å². The Morgan fingerprint density at radius 1 is 1.10 bits per heavy atom. The molecular formula is C19H22BrN. The molecule has 21 heavy (non-hydrogen) atoms. The number of nitrogens with zero attached hydrogens (tertiary/aromatic N) is 1. The lowest BCUT2D eigenvalue weighted by molar-refractivity contribution is 0.180. The number of aryl methyl sites for hydroxylation is 1. The van der Waals surface area contributed by atoms with Gasteiger partial charge in [0.1, 0.15) is 0 Å². The number of halogens is 1. The molecule has 1 aliphatic rings. The van der Waals surface area contributed by atoms with Crippen molar-refractivity contribution in [1.82, 2.24) is 4.90 Å². The molecular weight excluding hydrogens is 322 g/mol. The third-order valence-electron chi connectivity index (χ3n) is 4.52. The maximum Gasteiger partial charge on any atom is 0.0236 e. The number of likely N-dealkylation sites (N-methyl/N-ethyl adjacent to an activating group) is 1. The Bertz CT molecular complexity index is 594. The van der Waals surface area contributed by atoms with Crippen LogP contribution in [-0.2, 0) is 19.4 Å². The van der Waals surface area contributed by atoms with Crippen molar-refractivity contribution in [3.8, 4) is 0 Å². The topological polar surface area (TPSA) is 3.24 Å². The highest BCUT2D eigenvalue weighted by molar-refractivity contribution is 9.10. The van der Waals surface area contributed by atoms with Gasteiger partial charge in [-0.2, -0.15) is 0 Å². The third-order valence-corrected chi connectivity index (χ3v) is 5.02. The molecule has 1 unspecified atom stereocenters. The molecule has 1 atom stereocenters. The van der Waals surface area contributed by atoms with Crippen LogP contribution in [0.25, 0.3) is 0 Å². The summed E-state index contributed by atoms with van der Waals surface area (Å²) in [5.41, 5.74) is 4.47. The molecule has 0 saturated heterocycles. The lowest BCUT2D eigenvalue weighted by Crippen LogP contribution is -2.38. The summed E-state index contributed by atoms with van der Waals surface area (Å²) < 4.78 is 1.20. The van der Waals surface area contributed by atoms with E-state index >= 15 is 0 Å². The molecule has 110 valence electrons. The van der Waals surface area contributed by atoms with Gasteiger partial charge in [0.15, 0.2) is 0 Å². The van der Waals surface area contributed by atoms with E-state index < -0.39 is 0 Å². The molecule has 1 nitrogen and oxygen atoms in total. The molecule has 0 amide bonds. The van der Waals surface area contributed by atoms with Crippen molar-refractivity contribution in [1.29, 1.82) is 0 Å². The Balaban J connectivity index is 1.73. The van der Waals surface area contributed by atoms with E-state index in [9.17, 15) is 0 Å². The summed E-state index contributed by atoms with van der Waals surface area (Å²) in [5.74, 6) is 0. The molecule has 0 heterocycles. The standard InChI is InChI=1S/C19H22BrN/c1-2-21(14-15-6-4-3-5-7-15)19-11-9-16-12-18(20)10-8-17(16)13-19/h3-8,10,12,19H,2,9,11,13-14H2,1H3. The average molecular weight is 344 g/mol. The van der Waals surface area contributed by atoms with E-state index in [0.717, 1.165) is 13.1 Å². The molecule has 0 spiro atoms. The molecule has 0 radical (unpaired) electrons. The van der Waals surface area contributed by atoms with Crippen LogP contribution in [0.5, 0.6) is 0 Å². The number of hydrogen-bond donors (Lipinski definition) is 0. The highest BCUT2D eigenvalue weighted by atomic mass is 79.9. The second-order valence-electron chi connectivity index (χ2n) is 5.86. The van der Waals surface area contributed by atoms with Gasteiger partial charge < -0.3 is 0 Å². The highest BCUT2D eigenvalue weighted by Gasteiger charge is 2.23. The van der Waals surface area contributed by atoms with Crippen LogP contribution in [-0.4, -0.2) is 17.5 Å². The SMILES string of the molecule is CCN(Cc1ccccc1)C1CCc2cc(Br)ccc2C1. The molecule has 1 aliphatic carbocycles. The second kappa shape index (κ2) is 6.76. The van der Waals surface area contributed by atoms with Gasteiger partial charge in [0.05, 0.1) is 0 Å². The van der Waals surface area contributed by atoms with Crippen LogP contribution in [0.3, 0.4) is 0 Å². The van der Waals surface area contributed by atoms with Gasteiger partial charge in [-0.25, -0.2) is 0 Å². The van der Waals surface area contributed by atoms with Gasteiger partial charge in [0.25, 0.3) is 0 Å². The lowest BCUT2D eigenvalue weighted by Gasteiger charge is -2.34. The first-order chi connectivity index (χ1) is 10.3. The number of fused-ring (bicyclic) bond motifs is 1. The van der Waals surface area contributed by atoms with Gasteiger partial charge in [-0.1, -0.05) is 59.3 Å². The van der Waals surface area contributed by atoms with Crippen molar-refractivity contribution < 1.29 is 0 Å². The van der Waals surface area contributed by atoms with Crippen molar-refractivity contribution in [3.63, 3.8) is 0 Å². The summed E-state index contributed by atoms with van der Waals surface area (Å²) in [4.78, 5) is 2.63. The largest absolute Gasteiger partial charge is 0.296 e. The molecule has 3 rings (SSSR count). The van der Waals surface area contributed by atoms with Crippen LogP contribution in [0.2, 0.25) is 0 Å². The Labute approximate surface area is 136 Å². The summed E-state index contributed by atoms with van der Waals surface area (Å²) in [6.07, 6.45) is 3.65. The van der Waals surface area contributed by atoms with Crippen LogP contribution >= 0.6 is 15.9 Å². The zero-order valence-corrected chi connectivity index (χ0v) is 14.1. The first-order valence-electron chi connectivity index (χ1n) is 7.81. The number of benzene rings is 2. The van der Waals surface area contributed by atoms with Crippen molar-refractivity contribution in [2.24, 2.45) is 0 Å². The van der Waals surface area contributed by atoms with E-state index in [1.54, 1.807) is 0 Å². The Hall–Kier alpha value is -1.12. The smallest absolute Gasteiger partial charge is 0.0236 e. The van der Waals surface area contributed by atoms with Crippen LogP contribution in [0.1, 0.15) is 30.0 Å². The van der Waals surface area contributed by atoms with Gasteiger partial charge >= 0.3 is 0 Å². The number of rotatable bonds is 4. The molecule has 2 heteroatoms. The monoisotopic (exact) mass is 343 g/mol. The Morgan fingerprint density at radius 2 is 1.90 bits per heavy atom. The first kappa shape index (κ1) is 14.8. The van der Waals surface area contributed by atoms with Gasteiger partial charge in [-0.05, 0) is 54.6 Å². The van der Waals surface area contributed by atoms with E-state index in [1.165, 1.54) is 40.4 Å². The quantitative estimate of drug-likeness (QED) is 0.768. The predicted octanol–water partition coefficient (Wildman–Crippen LogP) is 4.83. The lowest BCUT2D eigenvalue weighted by atomic mass is 9.87. The van der Waals surface area contributed by atoms with E-state index in [4.69, 9.17) is 0 Å². The van der Waals surface area contributed by atoms with Crippen LogP contribution in [0, 0.1) is 0 Å². The third kappa shape index (κ3) is 3.56. The van der Waals surface area contributed by atoms with Crippen molar-refractivity contribution in [3.05, 3.63) is 69.7 Å². The van der Waals surface area contributed by atoms with Crippen molar-refractivity contribution in [2.45, 2.75) is 38.8 Å². The van der Waals surface area contributed by atoms with Crippen LogP contribution in [0.15, 0.2) is 53.0 Å². The molecule has 0 bridgehead atoms. The minimum Gasteiger partial charge on any atom is -0.296 e. The molecule has 0 N–H and O–H groups in total. The summed E-state index contributed by atoms with van der Waals surface area (Å²) in [5, 5.41) is 0. The first-order valence-corrected chi connectivity index (χ1v) is 8.61. The zero-order valence-electron chi connectivity index (χ0n) is 12.6. The zero-order chi connectivity index (χ0) is 14.7. The van der Waals surface area contributed by atoms with E-state index in [1.807, 2.05) is 0 Å². The summed E-state index contributed by atoms with van der Waals surface area (Å²) in [6.45, 7) is 4.46. The van der Waals surface area contributed by atoms with Crippen molar-refractivity contribution >= 4 is 15.9 Å². The fourth-order valence-electron chi connectivity index (χ4n) is 3.33. The fraction of sp³-hybridized carbons (Fsp3) is 0.368. The summed E-state index contributed by atoms with van der Waals surface area (Å²) in [7, 11) is 0. The van der Waals surface area contributed by atoms with E-state index in [2.05, 4.69) is 76.3 Å². The van der Waals surface area contributed by atoms with E-state index in [-0.39, 0.29) is 0 Å². The molecule has 0 saturated carbocycles. The minimum atomic E-state index is 0.670. The van der Waals surface area contributed by atoms with Gasteiger partial charge in [-0.3, -0.25) is 4.90 Å². The normalized spacial score (nSPS) is 17.8. The maximum absolute atomic E-state index is 3.58. The van der Waals surface area contributed by atoms with Crippen LogP contribution < -0.4 is 0 Å². The van der Waals surface area contributed by atoms with Gasteiger partial charge in [0.2, 0.25) is 0 Å². The second-order valence-corrected chi connectivity index (χ2v) is 6.77. The Morgan fingerprint density at radius 3 is 2.67 bits per heavy atom. The molecule has 2 aromatic rings. The summed E-state index contributed by atoms with van der Waals surface area (Å²) >= 11 is 3.58. The Kier molecular flexibility index (Phi) is 4.77. The van der Waals surface area contributed by atoms with Crippen LogP contribution in [0.4, 0.5) is 0 Å². The molecule has 0 aliphatic heterocycles. The number of hydrogen-bond acceptors (Lipinski definition) is 1. The highest BCUT2D eigenvalue weighted by Crippen LogP contribution is 2.27. The summed E-state index contributed by atoms with van der Waals surface area (Å²) in [6, 6.07) is 18.3. The van der Waals surface area contributed by atoms with Gasteiger partial charge in [0, 0.05) is 17.1 Å². The maximum atomic E-state index is 3.58. The molecule has 0 fully saturated rings. The average Bonchev–Trinajstić information content (AvgIpc) is 2.53. The molecule has 2 aromatic carbocycles. The molecule has 0 aromatic heterocycles.